The van der Waals surface area contributed by atoms with Gasteiger partial charge in [-0.2, -0.15) is 0 Å². The van der Waals surface area contributed by atoms with Crippen molar-refractivity contribution in [3.63, 3.8) is 0 Å². The van der Waals surface area contributed by atoms with E-state index in [1.807, 2.05) is 45.7 Å². The largest absolute Gasteiger partial charge is 0.336 e. The molecule has 2 aromatic carbocycles. The van der Waals surface area contributed by atoms with E-state index in [0.29, 0.717) is 29.2 Å². The van der Waals surface area contributed by atoms with Gasteiger partial charge >= 0.3 is 0 Å². The molecule has 156 valence electrons. The molecular formula is C22H29N3O3S. The van der Waals surface area contributed by atoms with Crippen LogP contribution in [0.25, 0.3) is 0 Å². The molecule has 0 aromatic heterocycles. The second-order valence-corrected chi connectivity index (χ2v) is 9.49. The molecule has 0 bridgehead atoms. The molecule has 2 aromatic rings. The number of carbonyl (C=O) groups excluding carboxylic acids is 1. The Kier molecular flexibility index (Phi) is 6.00. The number of sulfonamides is 1. The molecule has 1 aliphatic heterocycles. The fourth-order valence-corrected chi connectivity index (χ4v) is 5.34. The number of amides is 1. The van der Waals surface area contributed by atoms with Gasteiger partial charge in [0.15, 0.2) is 0 Å². The molecule has 0 aliphatic carbocycles. The molecule has 0 saturated carbocycles. The molecule has 1 N–H and O–H groups in total. The van der Waals surface area contributed by atoms with Crippen molar-refractivity contribution in [2.24, 2.45) is 0 Å². The normalized spacial score (nSPS) is 15.4. The van der Waals surface area contributed by atoms with Crippen LogP contribution < -0.4 is 4.72 Å². The molecule has 1 amide bonds. The number of hydrogen-bond donors (Lipinski definition) is 1. The molecule has 0 radical (unpaired) electrons. The van der Waals surface area contributed by atoms with Crippen LogP contribution in [0.3, 0.4) is 0 Å². The van der Waals surface area contributed by atoms with Crippen LogP contribution >= 0.6 is 0 Å². The minimum atomic E-state index is -3.73. The monoisotopic (exact) mass is 415 g/mol. The zero-order valence-corrected chi connectivity index (χ0v) is 18.6. The number of nitrogens with one attached hydrogen (secondary N) is 1. The summed E-state index contributed by atoms with van der Waals surface area (Å²) in [6.07, 6.45) is 0. The summed E-state index contributed by atoms with van der Waals surface area (Å²) in [5, 5.41) is 0. The predicted octanol–water partition coefficient (Wildman–Crippen LogP) is 3.11. The molecule has 6 nitrogen and oxygen atoms in total. The highest BCUT2D eigenvalue weighted by Crippen LogP contribution is 2.28. The summed E-state index contributed by atoms with van der Waals surface area (Å²) in [6.45, 7) is 10.6. The Balaban J connectivity index is 1.80. The minimum Gasteiger partial charge on any atom is -0.336 e. The van der Waals surface area contributed by atoms with Gasteiger partial charge in [-0.1, -0.05) is 6.07 Å². The second kappa shape index (κ2) is 8.16. The number of rotatable bonds is 4. The number of hydrogen-bond acceptors (Lipinski definition) is 4. The van der Waals surface area contributed by atoms with Crippen LogP contribution in [0.15, 0.2) is 35.2 Å². The molecule has 1 heterocycles. The highest BCUT2D eigenvalue weighted by Gasteiger charge is 2.23. The van der Waals surface area contributed by atoms with E-state index in [-0.39, 0.29) is 5.91 Å². The fourth-order valence-electron chi connectivity index (χ4n) is 3.66. The summed E-state index contributed by atoms with van der Waals surface area (Å²) in [7, 11) is -1.69. The van der Waals surface area contributed by atoms with Gasteiger partial charge < -0.3 is 9.80 Å². The third-order valence-electron chi connectivity index (χ3n) is 5.74. The Labute approximate surface area is 173 Å². The van der Waals surface area contributed by atoms with E-state index in [1.54, 1.807) is 24.3 Å². The summed E-state index contributed by atoms with van der Waals surface area (Å²) >= 11 is 0. The van der Waals surface area contributed by atoms with Crippen LogP contribution in [0, 0.1) is 27.7 Å². The average Bonchev–Trinajstić information content (AvgIpc) is 2.67. The fraction of sp³-hybridized carbons (Fsp3) is 0.409. The van der Waals surface area contributed by atoms with E-state index in [4.69, 9.17) is 0 Å². The Morgan fingerprint density at radius 1 is 0.897 bits per heavy atom. The number of anilines is 1. The summed E-state index contributed by atoms with van der Waals surface area (Å²) in [4.78, 5) is 17.0. The lowest BCUT2D eigenvalue weighted by Crippen LogP contribution is -2.47. The number of aryl methyl sites for hydroxylation is 2. The van der Waals surface area contributed by atoms with E-state index in [2.05, 4.69) is 9.62 Å². The number of likely N-dealkylation sites (N-methyl/N-ethyl adjacent to an activating group) is 1. The van der Waals surface area contributed by atoms with Crippen molar-refractivity contribution in [2.45, 2.75) is 32.6 Å². The Hall–Kier alpha value is -2.38. The molecule has 29 heavy (non-hydrogen) atoms. The lowest BCUT2D eigenvalue weighted by molar-refractivity contribution is 0.0664. The maximum atomic E-state index is 13.1. The first-order chi connectivity index (χ1) is 13.6. The zero-order valence-electron chi connectivity index (χ0n) is 17.7. The van der Waals surface area contributed by atoms with Gasteiger partial charge in [0.05, 0.1) is 4.90 Å². The van der Waals surface area contributed by atoms with Crippen molar-refractivity contribution in [1.29, 1.82) is 0 Å². The molecule has 3 rings (SSSR count). The van der Waals surface area contributed by atoms with Crippen molar-refractivity contribution in [2.75, 3.05) is 37.9 Å². The Bertz CT molecular complexity index is 996. The highest BCUT2D eigenvalue weighted by molar-refractivity contribution is 7.92. The van der Waals surface area contributed by atoms with Gasteiger partial charge in [0, 0.05) is 37.4 Å². The van der Waals surface area contributed by atoms with Crippen LogP contribution in [0.2, 0.25) is 0 Å². The van der Waals surface area contributed by atoms with Crippen LogP contribution in [-0.4, -0.2) is 57.4 Å². The lowest BCUT2D eigenvalue weighted by Gasteiger charge is -2.32. The SMILES string of the molecule is Cc1cc(C)c(C)c(S(=O)(=O)Nc2ccc(C(=O)N3CCN(C)CC3)cc2)c1C. The summed E-state index contributed by atoms with van der Waals surface area (Å²) < 4.78 is 28.8. The van der Waals surface area contributed by atoms with Crippen LogP contribution in [-0.2, 0) is 10.0 Å². The zero-order chi connectivity index (χ0) is 21.3. The van der Waals surface area contributed by atoms with Gasteiger partial charge in [0.25, 0.3) is 15.9 Å². The molecule has 0 unspecified atom stereocenters. The van der Waals surface area contributed by atoms with E-state index in [0.717, 1.165) is 35.3 Å². The average molecular weight is 416 g/mol. The molecule has 1 saturated heterocycles. The van der Waals surface area contributed by atoms with Crippen molar-refractivity contribution in [1.82, 2.24) is 9.80 Å². The van der Waals surface area contributed by atoms with Crippen molar-refractivity contribution >= 4 is 21.6 Å². The number of benzene rings is 2. The Morgan fingerprint density at radius 2 is 1.41 bits per heavy atom. The first kappa shape index (κ1) is 21.3. The summed E-state index contributed by atoms with van der Waals surface area (Å²) in [5.74, 6) is -0.0199. The lowest BCUT2D eigenvalue weighted by atomic mass is 10.0. The van der Waals surface area contributed by atoms with Gasteiger partial charge in [-0.3, -0.25) is 9.52 Å². The van der Waals surface area contributed by atoms with Crippen LogP contribution in [0.4, 0.5) is 5.69 Å². The number of nitrogens with zero attached hydrogens (tertiary/aromatic N) is 2. The predicted molar refractivity (Wildman–Crippen MR) is 116 cm³/mol. The van der Waals surface area contributed by atoms with Crippen LogP contribution in [0.5, 0.6) is 0 Å². The molecule has 7 heteroatoms. The van der Waals surface area contributed by atoms with Crippen molar-refractivity contribution < 1.29 is 13.2 Å². The van der Waals surface area contributed by atoms with E-state index in [9.17, 15) is 13.2 Å². The van der Waals surface area contributed by atoms with E-state index < -0.39 is 10.0 Å². The van der Waals surface area contributed by atoms with Gasteiger partial charge in [-0.15, -0.1) is 0 Å². The van der Waals surface area contributed by atoms with Crippen molar-refractivity contribution in [3.05, 3.63) is 58.1 Å². The summed E-state index contributed by atoms with van der Waals surface area (Å²) in [5.41, 5.74) is 4.40. The Morgan fingerprint density at radius 3 is 1.93 bits per heavy atom. The number of piperazine rings is 1. The topological polar surface area (TPSA) is 69.7 Å². The van der Waals surface area contributed by atoms with Gasteiger partial charge in [0.2, 0.25) is 0 Å². The van der Waals surface area contributed by atoms with E-state index >= 15 is 0 Å². The van der Waals surface area contributed by atoms with Crippen LogP contribution in [0.1, 0.15) is 32.6 Å². The van der Waals surface area contributed by atoms with Gasteiger partial charge in [-0.05, 0) is 81.3 Å². The second-order valence-electron chi connectivity index (χ2n) is 7.87. The van der Waals surface area contributed by atoms with E-state index in [1.165, 1.54) is 0 Å². The summed E-state index contributed by atoms with van der Waals surface area (Å²) in [6, 6.07) is 8.66. The van der Waals surface area contributed by atoms with Gasteiger partial charge in [0.1, 0.15) is 0 Å². The standard InChI is InChI=1S/C22H29N3O3S/c1-15-14-16(2)18(4)21(17(15)3)29(27,28)23-20-8-6-19(7-9-20)22(26)25-12-10-24(5)11-13-25/h6-9,14,23H,10-13H2,1-5H3. The quantitative estimate of drug-likeness (QED) is 0.833. The maximum Gasteiger partial charge on any atom is 0.262 e. The molecule has 0 atom stereocenters. The highest BCUT2D eigenvalue weighted by atomic mass is 32.2. The third-order valence-corrected chi connectivity index (χ3v) is 7.39. The van der Waals surface area contributed by atoms with Crippen molar-refractivity contribution in [3.8, 4) is 0 Å². The van der Waals surface area contributed by atoms with Gasteiger partial charge in [-0.25, -0.2) is 8.42 Å². The molecular weight excluding hydrogens is 386 g/mol. The molecule has 0 spiro atoms. The maximum absolute atomic E-state index is 13.1. The first-order valence-electron chi connectivity index (χ1n) is 9.78. The number of carbonyl (C=O) groups is 1. The minimum absolute atomic E-state index is 0.0199. The first-order valence-corrected chi connectivity index (χ1v) is 11.3. The third kappa shape index (κ3) is 4.46. The smallest absolute Gasteiger partial charge is 0.262 e. The molecule has 1 fully saturated rings. The molecule has 1 aliphatic rings.